The summed E-state index contributed by atoms with van der Waals surface area (Å²) in [6.07, 6.45) is 12.6. The van der Waals surface area contributed by atoms with Crippen LogP contribution in [-0.4, -0.2) is 39.8 Å². The highest BCUT2D eigenvalue weighted by atomic mass is 32.1. The Balaban J connectivity index is 1.13. The molecule has 0 spiro atoms. The number of likely N-dealkylation sites (tertiary alicyclic amines) is 1. The van der Waals surface area contributed by atoms with Crippen LogP contribution in [0.3, 0.4) is 0 Å². The normalized spacial score (nSPS) is 34.2. The van der Waals surface area contributed by atoms with Gasteiger partial charge in [0, 0.05) is 12.1 Å². The first kappa shape index (κ1) is 20.7. The lowest BCUT2D eigenvalue weighted by atomic mass is 9.53. The van der Waals surface area contributed by atoms with Gasteiger partial charge in [-0.2, -0.15) is 0 Å². The fourth-order valence-corrected chi connectivity index (χ4v) is 7.77. The van der Waals surface area contributed by atoms with Crippen molar-refractivity contribution >= 4 is 34.6 Å². The Morgan fingerprint density at radius 2 is 1.70 bits per heavy atom. The smallest absolute Gasteiger partial charge is 0.182 e. The maximum absolute atomic E-state index is 6.02. The van der Waals surface area contributed by atoms with Crippen molar-refractivity contribution in [1.29, 1.82) is 0 Å². The summed E-state index contributed by atoms with van der Waals surface area (Å²) in [5.41, 5.74) is 1.62. The van der Waals surface area contributed by atoms with Gasteiger partial charge < -0.3 is 15.0 Å². The van der Waals surface area contributed by atoms with Crippen LogP contribution in [0, 0.1) is 17.8 Å². The van der Waals surface area contributed by atoms with E-state index in [9.17, 15) is 0 Å². The number of nitrogens with zero attached hydrogens (tertiary/aromatic N) is 1. The van der Waals surface area contributed by atoms with Gasteiger partial charge in [0.25, 0.3) is 0 Å². The summed E-state index contributed by atoms with van der Waals surface area (Å²) in [4.78, 5) is 2.33. The van der Waals surface area contributed by atoms with Gasteiger partial charge in [-0.25, -0.2) is 0 Å². The van der Waals surface area contributed by atoms with Crippen molar-refractivity contribution < 1.29 is 4.74 Å². The van der Waals surface area contributed by atoms with Gasteiger partial charge in [0.05, 0.1) is 12.6 Å². The summed E-state index contributed by atoms with van der Waals surface area (Å²) in [6, 6.07) is 10.7. The lowest BCUT2D eigenvalue weighted by Gasteiger charge is -2.57. The molecule has 5 fully saturated rings. The maximum atomic E-state index is 6.02. The van der Waals surface area contributed by atoms with E-state index < -0.39 is 0 Å². The highest BCUT2D eigenvalue weighted by molar-refractivity contribution is 7.80. The molecular formula is C25H34N2OS2. The number of ether oxygens (including phenoxy) is 1. The third-order valence-corrected chi connectivity index (χ3v) is 8.62. The molecule has 4 saturated carbocycles. The first-order valence-electron chi connectivity index (χ1n) is 11.9. The van der Waals surface area contributed by atoms with Crippen LogP contribution in [0.1, 0.15) is 63.4 Å². The van der Waals surface area contributed by atoms with Crippen LogP contribution in [0.2, 0.25) is 0 Å². The molecule has 30 heavy (non-hydrogen) atoms. The van der Waals surface area contributed by atoms with E-state index >= 15 is 0 Å². The summed E-state index contributed by atoms with van der Waals surface area (Å²) in [6.45, 7) is 1.68. The summed E-state index contributed by atoms with van der Waals surface area (Å²) in [7, 11) is 0. The number of rotatable bonds is 6. The van der Waals surface area contributed by atoms with Crippen molar-refractivity contribution in [2.24, 2.45) is 17.8 Å². The molecule has 4 bridgehead atoms. The number of benzene rings is 1. The van der Waals surface area contributed by atoms with Crippen molar-refractivity contribution in [3.8, 4) is 0 Å². The second-order valence-electron chi connectivity index (χ2n) is 10.2. The van der Waals surface area contributed by atoms with Crippen LogP contribution < -0.4 is 5.32 Å². The van der Waals surface area contributed by atoms with Gasteiger partial charge in [0.2, 0.25) is 0 Å². The van der Waals surface area contributed by atoms with Crippen molar-refractivity contribution in [1.82, 2.24) is 10.2 Å². The minimum Gasteiger partial charge on any atom is -0.485 e. The molecule has 1 aromatic carbocycles. The zero-order chi connectivity index (χ0) is 20.6. The molecule has 1 aliphatic heterocycles. The molecule has 1 N–H and O–H groups in total. The van der Waals surface area contributed by atoms with Gasteiger partial charge in [-0.15, -0.1) is 0 Å². The van der Waals surface area contributed by atoms with Gasteiger partial charge in [0.1, 0.15) is 0 Å². The molecule has 0 amide bonds. The third-order valence-electron chi connectivity index (χ3n) is 7.89. The van der Waals surface area contributed by atoms with E-state index in [-0.39, 0.29) is 11.6 Å². The van der Waals surface area contributed by atoms with Crippen molar-refractivity contribution in [3.05, 3.63) is 35.9 Å². The zero-order valence-corrected chi connectivity index (χ0v) is 19.5. The Hall–Kier alpha value is -1.20. The molecule has 4 aliphatic carbocycles. The summed E-state index contributed by atoms with van der Waals surface area (Å²) < 4.78 is 6.02. The quantitative estimate of drug-likeness (QED) is 0.478. The van der Waals surface area contributed by atoms with Crippen LogP contribution in [0.15, 0.2) is 30.3 Å². The minimum absolute atomic E-state index is 0.158. The lowest BCUT2D eigenvalue weighted by Crippen LogP contribution is -2.62. The Morgan fingerprint density at radius 1 is 1.03 bits per heavy atom. The maximum Gasteiger partial charge on any atom is 0.182 e. The number of nitrogens with one attached hydrogen (secondary N) is 1. The lowest BCUT2D eigenvalue weighted by molar-refractivity contribution is -0.0111. The fraction of sp³-hybridized carbons (Fsp3) is 0.680. The fourth-order valence-electron chi connectivity index (χ4n) is 7.01. The van der Waals surface area contributed by atoms with Crippen molar-refractivity contribution in [2.75, 3.05) is 13.2 Å². The van der Waals surface area contributed by atoms with Gasteiger partial charge in [-0.3, -0.25) is 0 Å². The largest absolute Gasteiger partial charge is 0.485 e. The van der Waals surface area contributed by atoms with Crippen LogP contribution in [0.4, 0.5) is 0 Å². The van der Waals surface area contributed by atoms with E-state index in [1.807, 2.05) is 0 Å². The molecule has 1 heterocycles. The van der Waals surface area contributed by atoms with Gasteiger partial charge in [0.15, 0.2) is 10.2 Å². The van der Waals surface area contributed by atoms with Crippen molar-refractivity contribution in [3.63, 3.8) is 0 Å². The molecule has 1 saturated heterocycles. The van der Waals surface area contributed by atoms with Crippen LogP contribution in [0.25, 0.3) is 0 Å². The molecule has 1 atom stereocenters. The van der Waals surface area contributed by atoms with Gasteiger partial charge >= 0.3 is 0 Å². The molecule has 3 nitrogen and oxygen atoms in total. The first-order chi connectivity index (χ1) is 14.6. The molecule has 5 heteroatoms. The molecular weight excluding hydrogens is 408 g/mol. The predicted molar refractivity (Wildman–Crippen MR) is 130 cm³/mol. The highest BCUT2D eigenvalue weighted by Gasteiger charge is 2.51. The minimum atomic E-state index is 0.158. The zero-order valence-electron chi connectivity index (χ0n) is 17.9. The van der Waals surface area contributed by atoms with E-state index in [1.165, 1.54) is 44.1 Å². The molecule has 1 aromatic rings. The molecule has 0 unspecified atom stereocenters. The van der Waals surface area contributed by atoms with E-state index in [1.54, 1.807) is 0 Å². The Labute approximate surface area is 191 Å². The predicted octanol–water partition coefficient (Wildman–Crippen LogP) is 5.27. The second kappa shape index (κ2) is 8.74. The topological polar surface area (TPSA) is 24.5 Å². The van der Waals surface area contributed by atoms with Gasteiger partial charge in [-0.05, 0) is 112 Å². The van der Waals surface area contributed by atoms with E-state index in [0.717, 1.165) is 60.1 Å². The van der Waals surface area contributed by atoms with Crippen molar-refractivity contribution in [2.45, 2.75) is 75.8 Å². The average Bonchev–Trinajstić information content (AvgIpc) is 3.21. The number of aryl methyl sites for hydroxylation is 1. The van der Waals surface area contributed by atoms with Crippen LogP contribution >= 0.6 is 24.4 Å². The Kier molecular flexibility index (Phi) is 6.03. The highest BCUT2D eigenvalue weighted by Crippen LogP contribution is 2.55. The monoisotopic (exact) mass is 442 g/mol. The number of thiocarbonyl (C=S) groups is 2. The molecule has 162 valence electrons. The first-order valence-corrected chi connectivity index (χ1v) is 12.7. The van der Waals surface area contributed by atoms with E-state index in [0.29, 0.717) is 6.61 Å². The summed E-state index contributed by atoms with van der Waals surface area (Å²) in [5, 5.41) is 5.54. The second-order valence-corrected chi connectivity index (χ2v) is 11.0. The molecule has 6 rings (SSSR count). The summed E-state index contributed by atoms with van der Waals surface area (Å²) in [5.74, 6) is 2.78. The third kappa shape index (κ3) is 4.38. The molecule has 0 aromatic heterocycles. The molecule has 0 radical (unpaired) electrons. The van der Waals surface area contributed by atoms with E-state index in [4.69, 9.17) is 29.2 Å². The van der Waals surface area contributed by atoms with Crippen LogP contribution in [-0.2, 0) is 11.2 Å². The Bertz CT molecular complexity index is 745. The van der Waals surface area contributed by atoms with Crippen LogP contribution in [0.5, 0.6) is 0 Å². The Morgan fingerprint density at radius 3 is 2.37 bits per heavy atom. The molecule has 5 aliphatic rings. The SMILES string of the molecule is S=C(OCCCc1ccccc1)[C@@H]1CCCN1C(=S)NC12CC3CC(CC(C3)C1)C2. The number of hydrogen-bond donors (Lipinski definition) is 1. The van der Waals surface area contributed by atoms with Gasteiger partial charge in [-0.1, -0.05) is 30.3 Å². The van der Waals surface area contributed by atoms with E-state index in [2.05, 4.69) is 40.5 Å². The standard InChI is InChI=1S/C25H34N2OS2/c29-23(28-11-5-8-18-6-2-1-3-7-18)22-9-4-10-27(22)24(30)26-25-15-19-12-20(16-25)14-21(13-19)17-25/h1-3,6-7,19-22H,4-5,8-17H2,(H,26,30)/t19?,20?,21?,22-,25?/m0/s1. The number of hydrogen-bond acceptors (Lipinski definition) is 3. The summed E-state index contributed by atoms with van der Waals surface area (Å²) >= 11 is 11.6. The average molecular weight is 443 g/mol.